The van der Waals surface area contributed by atoms with Crippen LogP contribution in [0.4, 0.5) is 0 Å². The molecule has 0 amide bonds. The van der Waals surface area contributed by atoms with E-state index in [9.17, 15) is 14.5 Å². The molecular formula is C20H39O7P. The number of esters is 1. The molecule has 166 valence electrons. The molecule has 7 nitrogen and oxygen atoms in total. The van der Waals surface area contributed by atoms with E-state index in [2.05, 4.69) is 23.6 Å². The van der Waals surface area contributed by atoms with Crippen LogP contribution < -0.4 is 0 Å². The van der Waals surface area contributed by atoms with Gasteiger partial charge in [-0.2, -0.15) is 0 Å². The third kappa shape index (κ3) is 21.6. The highest BCUT2D eigenvalue weighted by Gasteiger charge is 2.17. The van der Waals surface area contributed by atoms with Crippen LogP contribution in [0.15, 0.2) is 12.2 Å². The van der Waals surface area contributed by atoms with Gasteiger partial charge in [0, 0.05) is 6.42 Å². The Kier molecular flexibility index (Phi) is 17.8. The summed E-state index contributed by atoms with van der Waals surface area (Å²) in [5, 5.41) is 9.41. The lowest BCUT2D eigenvalue weighted by Gasteiger charge is -2.12. The minimum Gasteiger partial charge on any atom is -0.463 e. The summed E-state index contributed by atoms with van der Waals surface area (Å²) in [6.07, 6.45) is 17.6. The van der Waals surface area contributed by atoms with E-state index in [4.69, 9.17) is 14.5 Å². The van der Waals surface area contributed by atoms with E-state index in [0.717, 1.165) is 32.1 Å². The van der Waals surface area contributed by atoms with Crippen molar-refractivity contribution in [3.8, 4) is 0 Å². The van der Waals surface area contributed by atoms with Gasteiger partial charge >= 0.3 is 13.8 Å². The Morgan fingerprint density at radius 2 is 1.43 bits per heavy atom. The maximum atomic E-state index is 11.5. The Bertz CT molecular complexity index is 448. The normalized spacial score (nSPS) is 13.1. The maximum absolute atomic E-state index is 11.5. The first-order valence-corrected chi connectivity index (χ1v) is 12.1. The fourth-order valence-corrected chi connectivity index (χ4v) is 3.02. The zero-order valence-corrected chi connectivity index (χ0v) is 18.2. The van der Waals surface area contributed by atoms with Gasteiger partial charge in [-0.3, -0.25) is 9.32 Å². The van der Waals surface area contributed by atoms with Crippen LogP contribution >= 0.6 is 7.82 Å². The van der Waals surface area contributed by atoms with Crippen molar-refractivity contribution in [2.75, 3.05) is 13.2 Å². The molecule has 0 fully saturated rings. The Labute approximate surface area is 169 Å². The fraction of sp³-hybridized carbons (Fsp3) is 0.850. The molecule has 0 spiro atoms. The molecule has 0 saturated carbocycles. The van der Waals surface area contributed by atoms with Crippen molar-refractivity contribution in [2.24, 2.45) is 0 Å². The molecule has 0 radical (unpaired) electrons. The second-order valence-electron chi connectivity index (χ2n) is 7.10. The molecular weight excluding hydrogens is 383 g/mol. The van der Waals surface area contributed by atoms with Gasteiger partial charge in [0.15, 0.2) is 0 Å². The third-order valence-corrected chi connectivity index (χ3v) is 4.75. The third-order valence-electron chi connectivity index (χ3n) is 4.26. The number of aliphatic hydroxyl groups excluding tert-OH is 1. The van der Waals surface area contributed by atoms with Crippen molar-refractivity contribution in [2.45, 2.75) is 96.5 Å². The van der Waals surface area contributed by atoms with Crippen LogP contribution in [0.2, 0.25) is 0 Å². The zero-order chi connectivity index (χ0) is 21.1. The molecule has 8 heteroatoms. The largest absolute Gasteiger partial charge is 0.469 e. The van der Waals surface area contributed by atoms with E-state index < -0.39 is 26.5 Å². The second-order valence-corrected chi connectivity index (χ2v) is 8.34. The standard InChI is InChI=1S/C20H39O7P/c1-2-3-4-5-6-7-8-9-10-11-12-13-14-15-16-20(22)26-17-19(21)18-27-28(23,24)25/h7-8,19,21H,2-6,9-18H2,1H3,(H2,23,24,25)/b8-7-/t19-/m1/s1. The van der Waals surface area contributed by atoms with Crippen molar-refractivity contribution < 1.29 is 33.5 Å². The summed E-state index contributed by atoms with van der Waals surface area (Å²) in [4.78, 5) is 28.5. The van der Waals surface area contributed by atoms with Gasteiger partial charge in [-0.05, 0) is 32.1 Å². The number of allylic oxidation sites excluding steroid dienone is 2. The van der Waals surface area contributed by atoms with E-state index >= 15 is 0 Å². The van der Waals surface area contributed by atoms with Crippen molar-refractivity contribution in [1.82, 2.24) is 0 Å². The lowest BCUT2D eigenvalue weighted by atomic mass is 10.1. The molecule has 0 saturated heterocycles. The molecule has 0 aliphatic rings. The number of phosphoric ester groups is 1. The second kappa shape index (κ2) is 18.3. The number of carbonyl (C=O) groups excluding carboxylic acids is 1. The van der Waals surface area contributed by atoms with Gasteiger partial charge in [0.2, 0.25) is 0 Å². The SMILES string of the molecule is CCCCCC/C=C\CCCCCCCCC(=O)OC[C@@H](O)COP(=O)(O)O. The van der Waals surface area contributed by atoms with Crippen molar-refractivity contribution in [3.63, 3.8) is 0 Å². The van der Waals surface area contributed by atoms with Crippen LogP contribution in [0.3, 0.4) is 0 Å². The number of aliphatic hydroxyl groups is 1. The highest BCUT2D eigenvalue weighted by molar-refractivity contribution is 7.46. The van der Waals surface area contributed by atoms with Gasteiger partial charge < -0.3 is 19.6 Å². The van der Waals surface area contributed by atoms with E-state index in [1.807, 2.05) is 0 Å². The Balaban J connectivity index is 3.38. The number of hydrogen-bond acceptors (Lipinski definition) is 5. The highest BCUT2D eigenvalue weighted by Crippen LogP contribution is 2.35. The van der Waals surface area contributed by atoms with Crippen molar-refractivity contribution in [3.05, 3.63) is 12.2 Å². The summed E-state index contributed by atoms with van der Waals surface area (Å²) >= 11 is 0. The molecule has 0 bridgehead atoms. The number of unbranched alkanes of at least 4 members (excludes halogenated alkanes) is 10. The van der Waals surface area contributed by atoms with E-state index in [1.54, 1.807) is 0 Å². The lowest BCUT2D eigenvalue weighted by molar-refractivity contribution is -0.147. The number of rotatable bonds is 19. The van der Waals surface area contributed by atoms with Crippen LogP contribution in [-0.4, -0.2) is 40.2 Å². The molecule has 0 aromatic carbocycles. The minimum atomic E-state index is -4.62. The summed E-state index contributed by atoms with van der Waals surface area (Å²) in [6, 6.07) is 0. The summed E-state index contributed by atoms with van der Waals surface area (Å²) in [6.45, 7) is 1.32. The molecule has 0 heterocycles. The monoisotopic (exact) mass is 422 g/mol. The molecule has 0 aliphatic heterocycles. The first kappa shape index (κ1) is 27.3. The van der Waals surface area contributed by atoms with Crippen LogP contribution in [0.1, 0.15) is 90.4 Å². The summed E-state index contributed by atoms with van der Waals surface area (Å²) in [5.41, 5.74) is 0. The quantitative estimate of drug-likeness (QED) is 0.120. The van der Waals surface area contributed by atoms with Crippen molar-refractivity contribution in [1.29, 1.82) is 0 Å². The molecule has 1 atom stereocenters. The molecule has 0 aliphatic carbocycles. The molecule has 0 unspecified atom stereocenters. The summed E-state index contributed by atoms with van der Waals surface area (Å²) < 4.78 is 19.5. The van der Waals surface area contributed by atoms with Crippen molar-refractivity contribution >= 4 is 13.8 Å². The van der Waals surface area contributed by atoms with E-state index in [1.165, 1.54) is 44.9 Å². The topological polar surface area (TPSA) is 113 Å². The predicted octanol–water partition coefficient (Wildman–Crippen LogP) is 4.65. The Hall–Kier alpha value is -0.720. The lowest BCUT2D eigenvalue weighted by Crippen LogP contribution is -2.23. The number of hydrogen-bond donors (Lipinski definition) is 3. The maximum Gasteiger partial charge on any atom is 0.469 e. The first-order valence-electron chi connectivity index (χ1n) is 10.5. The Morgan fingerprint density at radius 1 is 0.893 bits per heavy atom. The number of carbonyl (C=O) groups is 1. The number of ether oxygens (including phenoxy) is 1. The van der Waals surface area contributed by atoms with E-state index in [-0.39, 0.29) is 13.0 Å². The van der Waals surface area contributed by atoms with Gasteiger partial charge in [0.05, 0.1) is 6.61 Å². The summed E-state index contributed by atoms with van der Waals surface area (Å²) in [7, 11) is -4.62. The Morgan fingerprint density at radius 3 is 2.00 bits per heavy atom. The minimum absolute atomic E-state index is 0.285. The predicted molar refractivity (Wildman–Crippen MR) is 110 cm³/mol. The first-order chi connectivity index (χ1) is 13.3. The average Bonchev–Trinajstić information content (AvgIpc) is 2.64. The van der Waals surface area contributed by atoms with E-state index in [0.29, 0.717) is 0 Å². The molecule has 0 aromatic heterocycles. The van der Waals surface area contributed by atoms with Gasteiger partial charge in [-0.1, -0.05) is 64.0 Å². The molecule has 28 heavy (non-hydrogen) atoms. The van der Waals surface area contributed by atoms with Gasteiger partial charge in [-0.15, -0.1) is 0 Å². The van der Waals surface area contributed by atoms with Crippen LogP contribution in [0.5, 0.6) is 0 Å². The van der Waals surface area contributed by atoms with Crippen LogP contribution in [-0.2, 0) is 18.6 Å². The summed E-state index contributed by atoms with van der Waals surface area (Å²) in [5.74, 6) is -0.417. The van der Waals surface area contributed by atoms with Crippen LogP contribution in [0, 0.1) is 0 Å². The zero-order valence-electron chi connectivity index (χ0n) is 17.3. The molecule has 3 N–H and O–H groups in total. The smallest absolute Gasteiger partial charge is 0.463 e. The van der Waals surface area contributed by atoms with Gasteiger partial charge in [0.1, 0.15) is 12.7 Å². The fourth-order valence-electron chi connectivity index (χ4n) is 2.66. The molecule has 0 rings (SSSR count). The van der Waals surface area contributed by atoms with Gasteiger partial charge in [0.25, 0.3) is 0 Å². The van der Waals surface area contributed by atoms with Crippen LogP contribution in [0.25, 0.3) is 0 Å². The van der Waals surface area contributed by atoms with Gasteiger partial charge in [-0.25, -0.2) is 4.57 Å². The highest BCUT2D eigenvalue weighted by atomic mass is 31.2. The average molecular weight is 422 g/mol. The number of phosphoric acid groups is 1. The molecule has 0 aromatic rings.